The second kappa shape index (κ2) is 5.51. The van der Waals surface area contributed by atoms with Crippen molar-refractivity contribution in [3.05, 3.63) is 53.6 Å². The molecule has 0 radical (unpaired) electrons. The maximum atomic E-state index is 13.7. The van der Waals surface area contributed by atoms with Gasteiger partial charge >= 0.3 is 0 Å². The molecule has 0 N–H and O–H groups in total. The molecule has 4 nitrogen and oxygen atoms in total. The first-order valence-electron chi connectivity index (χ1n) is 5.43. The standard InChI is InChI=1S/C13H10F2N2O2/c1-19-13-6-10(14)9(5-11(13)15)12(18)4-8-7-16-2-3-17-8/h2-3,5-7H,4H2,1H3. The fourth-order valence-corrected chi connectivity index (χ4v) is 1.58. The number of Topliss-reactive ketones (excluding diaryl/α,β-unsaturated/α-hetero) is 1. The first-order valence-corrected chi connectivity index (χ1v) is 5.43. The van der Waals surface area contributed by atoms with Crippen LogP contribution in [0.5, 0.6) is 5.75 Å². The Morgan fingerprint density at radius 1 is 1.26 bits per heavy atom. The number of hydrogen-bond donors (Lipinski definition) is 0. The number of carbonyl (C=O) groups excluding carboxylic acids is 1. The van der Waals surface area contributed by atoms with Gasteiger partial charge in [-0.25, -0.2) is 8.78 Å². The van der Waals surface area contributed by atoms with Crippen molar-refractivity contribution in [2.45, 2.75) is 6.42 Å². The Morgan fingerprint density at radius 3 is 2.68 bits per heavy atom. The van der Waals surface area contributed by atoms with Crippen molar-refractivity contribution in [2.75, 3.05) is 7.11 Å². The summed E-state index contributed by atoms with van der Waals surface area (Å²) in [5.41, 5.74) is 0.0621. The molecule has 0 aliphatic rings. The van der Waals surface area contributed by atoms with Crippen molar-refractivity contribution in [3.8, 4) is 5.75 Å². The highest BCUT2D eigenvalue weighted by molar-refractivity contribution is 5.97. The number of ether oxygens (including phenoxy) is 1. The number of benzene rings is 1. The van der Waals surface area contributed by atoms with E-state index in [-0.39, 0.29) is 17.7 Å². The number of hydrogen-bond acceptors (Lipinski definition) is 4. The average molecular weight is 264 g/mol. The third-order valence-corrected chi connectivity index (χ3v) is 2.50. The highest BCUT2D eigenvalue weighted by Gasteiger charge is 2.17. The molecule has 0 unspecified atom stereocenters. The van der Waals surface area contributed by atoms with E-state index in [1.165, 1.54) is 25.7 Å². The lowest BCUT2D eigenvalue weighted by molar-refractivity contribution is 0.0987. The molecule has 0 saturated carbocycles. The van der Waals surface area contributed by atoms with Gasteiger partial charge in [0.1, 0.15) is 5.82 Å². The molecule has 0 aliphatic heterocycles. The van der Waals surface area contributed by atoms with Gasteiger partial charge in [0.15, 0.2) is 17.3 Å². The largest absolute Gasteiger partial charge is 0.494 e. The summed E-state index contributed by atoms with van der Waals surface area (Å²) in [6, 6.07) is 1.67. The molecule has 0 bridgehead atoms. The topological polar surface area (TPSA) is 52.1 Å². The number of rotatable bonds is 4. The van der Waals surface area contributed by atoms with Gasteiger partial charge in [-0.3, -0.25) is 14.8 Å². The van der Waals surface area contributed by atoms with E-state index in [0.29, 0.717) is 5.69 Å². The van der Waals surface area contributed by atoms with Gasteiger partial charge in [-0.2, -0.15) is 0 Å². The lowest BCUT2D eigenvalue weighted by Crippen LogP contribution is -2.08. The zero-order valence-electron chi connectivity index (χ0n) is 10.1. The van der Waals surface area contributed by atoms with E-state index >= 15 is 0 Å². The zero-order chi connectivity index (χ0) is 13.8. The quantitative estimate of drug-likeness (QED) is 0.794. The number of carbonyl (C=O) groups is 1. The van der Waals surface area contributed by atoms with Crippen LogP contribution in [0, 0.1) is 11.6 Å². The van der Waals surface area contributed by atoms with Crippen LogP contribution >= 0.6 is 0 Å². The third kappa shape index (κ3) is 2.90. The molecule has 1 heterocycles. The zero-order valence-corrected chi connectivity index (χ0v) is 10.1. The highest BCUT2D eigenvalue weighted by Crippen LogP contribution is 2.22. The summed E-state index contributed by atoms with van der Waals surface area (Å²) in [6.07, 6.45) is 4.14. The molecule has 0 amide bonds. The van der Waals surface area contributed by atoms with Gasteiger partial charge in [-0.1, -0.05) is 0 Å². The summed E-state index contributed by atoms with van der Waals surface area (Å²) < 4.78 is 31.8. The molecule has 0 saturated heterocycles. The molecule has 0 spiro atoms. The van der Waals surface area contributed by atoms with Crippen molar-refractivity contribution in [1.82, 2.24) is 9.97 Å². The van der Waals surface area contributed by atoms with E-state index in [0.717, 1.165) is 12.1 Å². The van der Waals surface area contributed by atoms with Crippen molar-refractivity contribution in [2.24, 2.45) is 0 Å². The van der Waals surface area contributed by atoms with Crippen molar-refractivity contribution in [3.63, 3.8) is 0 Å². The molecule has 1 aromatic heterocycles. The van der Waals surface area contributed by atoms with E-state index < -0.39 is 17.4 Å². The number of halogens is 2. The second-order valence-electron chi connectivity index (χ2n) is 3.76. The first-order chi connectivity index (χ1) is 9.11. The number of methoxy groups -OCH3 is 1. The fourth-order valence-electron chi connectivity index (χ4n) is 1.58. The molecule has 0 aliphatic carbocycles. The van der Waals surface area contributed by atoms with Crippen LogP contribution in [0.1, 0.15) is 16.1 Å². The third-order valence-electron chi connectivity index (χ3n) is 2.50. The van der Waals surface area contributed by atoms with Crippen LogP contribution in [0.2, 0.25) is 0 Å². The molecule has 19 heavy (non-hydrogen) atoms. The molecule has 2 rings (SSSR count). The first kappa shape index (κ1) is 13.1. The van der Waals surface area contributed by atoms with Crippen LogP contribution in [0.4, 0.5) is 8.78 Å². The summed E-state index contributed by atoms with van der Waals surface area (Å²) in [5.74, 6) is -2.42. The van der Waals surface area contributed by atoms with Crippen LogP contribution < -0.4 is 4.74 Å². The monoisotopic (exact) mass is 264 g/mol. The SMILES string of the molecule is COc1cc(F)c(C(=O)Cc2cnccn2)cc1F. The maximum Gasteiger partial charge on any atom is 0.171 e. The molecule has 98 valence electrons. The van der Waals surface area contributed by atoms with Gasteiger partial charge < -0.3 is 4.74 Å². The minimum absolute atomic E-state index is 0.142. The van der Waals surface area contributed by atoms with Gasteiger partial charge in [0.2, 0.25) is 0 Å². The number of aromatic nitrogens is 2. The molecule has 0 fully saturated rings. The summed E-state index contributed by atoms with van der Waals surface area (Å²) in [6.45, 7) is 0. The van der Waals surface area contributed by atoms with Gasteiger partial charge in [0.25, 0.3) is 0 Å². The van der Waals surface area contributed by atoms with Crippen LogP contribution in [0.25, 0.3) is 0 Å². The van der Waals surface area contributed by atoms with E-state index in [4.69, 9.17) is 0 Å². The second-order valence-corrected chi connectivity index (χ2v) is 3.76. The molecule has 2 aromatic rings. The van der Waals surface area contributed by atoms with Crippen molar-refractivity contribution < 1.29 is 18.3 Å². The summed E-state index contributed by atoms with van der Waals surface area (Å²) >= 11 is 0. The molecule has 1 aromatic carbocycles. The van der Waals surface area contributed by atoms with Crippen LogP contribution in [0.15, 0.2) is 30.7 Å². The van der Waals surface area contributed by atoms with E-state index in [1.807, 2.05) is 0 Å². The Kier molecular flexibility index (Phi) is 3.79. The van der Waals surface area contributed by atoms with Gasteiger partial charge in [0, 0.05) is 24.7 Å². The minimum atomic E-state index is -0.827. The lowest BCUT2D eigenvalue weighted by atomic mass is 10.1. The Labute approximate surface area is 108 Å². The number of ketones is 1. The highest BCUT2D eigenvalue weighted by atomic mass is 19.1. The minimum Gasteiger partial charge on any atom is -0.494 e. The smallest absolute Gasteiger partial charge is 0.171 e. The summed E-state index contributed by atoms with van der Waals surface area (Å²) in [4.78, 5) is 19.6. The van der Waals surface area contributed by atoms with Crippen LogP contribution in [0.3, 0.4) is 0 Å². The Hall–Kier alpha value is -2.37. The van der Waals surface area contributed by atoms with E-state index in [1.54, 1.807) is 0 Å². The number of nitrogens with zero attached hydrogens (tertiary/aromatic N) is 2. The lowest BCUT2D eigenvalue weighted by Gasteiger charge is -2.06. The van der Waals surface area contributed by atoms with Gasteiger partial charge in [-0.05, 0) is 6.07 Å². The molecule has 6 heteroatoms. The Balaban J connectivity index is 2.27. The van der Waals surface area contributed by atoms with Crippen molar-refractivity contribution >= 4 is 5.78 Å². The molecule has 0 atom stereocenters. The Morgan fingerprint density at radius 2 is 2.05 bits per heavy atom. The Bertz CT molecular complexity index is 603. The van der Waals surface area contributed by atoms with Crippen LogP contribution in [-0.4, -0.2) is 22.9 Å². The predicted molar refractivity (Wildman–Crippen MR) is 63.0 cm³/mol. The van der Waals surface area contributed by atoms with Crippen molar-refractivity contribution in [1.29, 1.82) is 0 Å². The molecular weight excluding hydrogens is 254 g/mol. The average Bonchev–Trinajstić information content (AvgIpc) is 2.42. The predicted octanol–water partition coefficient (Wildman–Crippen LogP) is 2.19. The van der Waals surface area contributed by atoms with E-state index in [9.17, 15) is 13.6 Å². The molecular formula is C13H10F2N2O2. The summed E-state index contributed by atoms with van der Waals surface area (Å²) in [7, 11) is 1.22. The maximum absolute atomic E-state index is 13.7. The van der Waals surface area contributed by atoms with Gasteiger partial charge in [-0.15, -0.1) is 0 Å². The fraction of sp³-hybridized carbons (Fsp3) is 0.154. The van der Waals surface area contributed by atoms with Gasteiger partial charge in [0.05, 0.1) is 24.8 Å². The summed E-state index contributed by atoms with van der Waals surface area (Å²) in [5, 5.41) is 0. The van der Waals surface area contributed by atoms with E-state index in [2.05, 4.69) is 14.7 Å². The van der Waals surface area contributed by atoms with Crippen LogP contribution in [-0.2, 0) is 6.42 Å². The normalized spacial score (nSPS) is 10.3.